The van der Waals surface area contributed by atoms with Crippen LogP contribution in [0.25, 0.3) is 0 Å². The molecule has 0 saturated carbocycles. The van der Waals surface area contributed by atoms with Gasteiger partial charge >= 0.3 is 21.1 Å². The minimum absolute atomic E-state index is 0. The van der Waals surface area contributed by atoms with E-state index in [1.54, 1.807) is 0 Å². The molecule has 4 nitrogen and oxygen atoms in total. The third-order valence-electron chi connectivity index (χ3n) is 4.95. The summed E-state index contributed by atoms with van der Waals surface area (Å²) in [7, 11) is 0. The maximum Gasteiger partial charge on any atom is 4.00 e. The van der Waals surface area contributed by atoms with Gasteiger partial charge in [-0.3, -0.25) is 18.1 Å². The molecule has 246 valence electrons. The molecule has 0 saturated heterocycles. The largest absolute Gasteiger partial charge is 4.00 e. The zero-order valence-electron chi connectivity index (χ0n) is 26.9. The predicted molar refractivity (Wildman–Crippen MR) is 208 cm³/mol. The van der Waals surface area contributed by atoms with Gasteiger partial charge in [0.1, 0.15) is 0 Å². The van der Waals surface area contributed by atoms with Crippen molar-refractivity contribution in [1.82, 2.24) is 0 Å². The second kappa shape index (κ2) is 28.6. The topological polar surface area (TPSA) is 36.9 Å². The fourth-order valence-corrected chi connectivity index (χ4v) is 7.03. The summed E-state index contributed by atoms with van der Waals surface area (Å²) in [5, 5.41) is 0. The SMILES string of the molecule is C(#Cc1ccccc1)c1ccccc1.C(#Cc1ccccc1)c1ccccc1.CCO[P+]([S-])([S-])OCC.CCO[P+]([S-])([S-])OCC.[Mo+4]. The van der Waals surface area contributed by atoms with Gasteiger partial charge in [-0.05, 0) is 76.2 Å². The summed E-state index contributed by atoms with van der Waals surface area (Å²) in [6, 6.07) is 40.0. The van der Waals surface area contributed by atoms with E-state index in [-0.39, 0.29) is 21.1 Å². The number of hydrogen-bond donors (Lipinski definition) is 0. The molecule has 0 aliphatic heterocycles. The van der Waals surface area contributed by atoms with E-state index in [1.807, 2.05) is 149 Å². The zero-order chi connectivity index (χ0) is 33.9. The van der Waals surface area contributed by atoms with Gasteiger partial charge in [0.05, 0.1) is 26.4 Å². The minimum atomic E-state index is -2.28. The molecule has 0 bridgehead atoms. The summed E-state index contributed by atoms with van der Waals surface area (Å²) in [5.41, 5.74) is 4.21. The molecule has 0 amide bonds. The van der Waals surface area contributed by atoms with Crippen molar-refractivity contribution in [2.45, 2.75) is 27.7 Å². The Morgan fingerprint density at radius 2 is 0.553 bits per heavy atom. The van der Waals surface area contributed by atoms with Crippen molar-refractivity contribution in [1.29, 1.82) is 0 Å². The Morgan fingerprint density at radius 1 is 0.383 bits per heavy atom. The average molecular weight is 823 g/mol. The monoisotopic (exact) mass is 824 g/mol. The second-order valence-electron chi connectivity index (χ2n) is 8.53. The first-order chi connectivity index (χ1) is 22.1. The first kappa shape index (κ1) is 45.8. The fourth-order valence-electron chi connectivity index (χ4n) is 3.08. The van der Waals surface area contributed by atoms with Crippen LogP contribution in [0.1, 0.15) is 49.9 Å². The van der Waals surface area contributed by atoms with E-state index in [0.29, 0.717) is 26.4 Å². The Labute approximate surface area is 319 Å². The van der Waals surface area contributed by atoms with Gasteiger partial charge in [0.2, 0.25) is 0 Å². The maximum atomic E-state index is 4.99. The molecular weight excluding hydrogens is 783 g/mol. The molecule has 47 heavy (non-hydrogen) atoms. The van der Waals surface area contributed by atoms with Gasteiger partial charge in [-0.25, -0.2) is 0 Å². The van der Waals surface area contributed by atoms with Gasteiger partial charge in [-0.2, -0.15) is 0 Å². The number of hydrogen-bond acceptors (Lipinski definition) is 8. The molecule has 0 heterocycles. The van der Waals surface area contributed by atoms with Crippen molar-refractivity contribution in [3.8, 4) is 23.7 Å². The standard InChI is InChI=1S/2C14H10.2C4H11O2PS2.Mo/c2*1-3-7-13(8-4-1)11-12-14-9-5-2-6-10-14;2*1-3-5-7(8,9)6-4-2;/h2*1-10H;2*3-4H2,1-2H3,(H,8,9);/q;;;;+4/p-2. The van der Waals surface area contributed by atoms with E-state index < -0.39 is 12.2 Å². The molecule has 11 heteroatoms. The summed E-state index contributed by atoms with van der Waals surface area (Å²) in [6.07, 6.45) is -4.55. The van der Waals surface area contributed by atoms with Crippen LogP contribution in [0.4, 0.5) is 0 Å². The van der Waals surface area contributed by atoms with Crippen molar-refractivity contribution in [3.63, 3.8) is 0 Å². The Morgan fingerprint density at radius 3 is 0.702 bits per heavy atom. The molecule has 4 aromatic carbocycles. The molecule has 0 spiro atoms. The van der Waals surface area contributed by atoms with Crippen LogP contribution >= 0.6 is 12.2 Å². The molecule has 0 aromatic heterocycles. The van der Waals surface area contributed by atoms with Crippen LogP contribution in [-0.2, 0) is 88.2 Å². The Bertz CT molecular complexity index is 1230. The third-order valence-corrected chi connectivity index (χ3v) is 9.77. The number of rotatable bonds is 8. The van der Waals surface area contributed by atoms with Gasteiger partial charge in [0.15, 0.2) is 0 Å². The van der Waals surface area contributed by atoms with E-state index in [9.17, 15) is 0 Å². The van der Waals surface area contributed by atoms with Crippen LogP contribution in [0.15, 0.2) is 121 Å². The van der Waals surface area contributed by atoms with E-state index in [0.717, 1.165) is 22.3 Å². The maximum absolute atomic E-state index is 4.99. The van der Waals surface area contributed by atoms with Crippen molar-refractivity contribution < 1.29 is 39.2 Å². The van der Waals surface area contributed by atoms with E-state index in [4.69, 9.17) is 67.1 Å². The molecule has 0 N–H and O–H groups in total. The van der Waals surface area contributed by atoms with Crippen molar-refractivity contribution in [2.75, 3.05) is 26.4 Å². The van der Waals surface area contributed by atoms with Crippen LogP contribution in [0.3, 0.4) is 0 Å². The van der Waals surface area contributed by atoms with Gasteiger partial charge in [0, 0.05) is 34.5 Å². The molecule has 0 radical (unpaired) electrons. The first-order valence-corrected chi connectivity index (χ1v) is 21.9. The summed E-state index contributed by atoms with van der Waals surface area (Å²) in [6.45, 7) is 9.58. The molecule has 4 rings (SSSR count). The third kappa shape index (κ3) is 25.4. The van der Waals surface area contributed by atoms with Crippen LogP contribution in [0.5, 0.6) is 0 Å². The van der Waals surface area contributed by atoms with Gasteiger partial charge in [0.25, 0.3) is 0 Å². The Kier molecular flexibility index (Phi) is 27.9. The van der Waals surface area contributed by atoms with Crippen LogP contribution in [0.2, 0.25) is 0 Å². The van der Waals surface area contributed by atoms with E-state index in [1.165, 1.54) is 0 Å². The van der Waals surface area contributed by atoms with E-state index in [2.05, 4.69) is 23.7 Å². The Balaban J connectivity index is 0.000000612. The van der Waals surface area contributed by atoms with Crippen LogP contribution < -0.4 is 0 Å². The molecule has 0 aliphatic carbocycles. The van der Waals surface area contributed by atoms with Gasteiger partial charge in [-0.15, -0.1) is 0 Å². The normalized spacial score (nSPS) is 9.87. The first-order valence-electron chi connectivity index (χ1n) is 14.6. The molecule has 0 fully saturated rings. The smallest absolute Gasteiger partial charge is 0.516 e. The molecule has 0 atom stereocenters. The minimum Gasteiger partial charge on any atom is -0.516 e. The summed E-state index contributed by atoms with van der Waals surface area (Å²) < 4.78 is 20.0. The van der Waals surface area contributed by atoms with Crippen molar-refractivity contribution in [2.24, 2.45) is 0 Å². The second-order valence-corrected chi connectivity index (χ2v) is 18.5. The molecule has 4 aromatic rings. The van der Waals surface area contributed by atoms with Crippen LogP contribution in [-0.4, -0.2) is 26.4 Å². The average Bonchev–Trinajstić information content (AvgIpc) is 3.06. The van der Waals surface area contributed by atoms with Gasteiger partial charge < -0.3 is 49.0 Å². The van der Waals surface area contributed by atoms with Crippen molar-refractivity contribution >= 4 is 61.2 Å². The van der Waals surface area contributed by atoms with Gasteiger partial charge in [-0.1, -0.05) is 96.5 Å². The summed E-state index contributed by atoms with van der Waals surface area (Å²) in [5.74, 6) is 12.4. The van der Waals surface area contributed by atoms with Crippen molar-refractivity contribution in [3.05, 3.63) is 144 Å². The molecule has 0 unspecified atom stereocenters. The van der Waals surface area contributed by atoms with Crippen LogP contribution in [0, 0.1) is 23.7 Å². The molecular formula is C36H40MoO4P2S4+2. The van der Waals surface area contributed by atoms with E-state index >= 15 is 0 Å². The predicted octanol–water partition coefficient (Wildman–Crippen LogP) is 9.83. The molecule has 0 aliphatic rings. The summed E-state index contributed by atoms with van der Waals surface area (Å²) >= 11 is 19.3. The summed E-state index contributed by atoms with van der Waals surface area (Å²) in [4.78, 5) is 0. The zero-order valence-corrected chi connectivity index (χ0v) is 34.0. The quantitative estimate of drug-likeness (QED) is 0.0754. The fraction of sp³-hybridized carbons (Fsp3) is 0.222. The Hall–Kier alpha value is -1.21. The number of benzene rings is 4.